The molecule has 2 aliphatic heterocycles. The van der Waals surface area contributed by atoms with E-state index in [-0.39, 0.29) is 24.1 Å². The number of aliphatic imine (C=N–C) groups is 1. The smallest absolute Gasteiger partial charge is 0.242 e. The zero-order valence-corrected chi connectivity index (χ0v) is 24.8. The van der Waals surface area contributed by atoms with Crippen molar-refractivity contribution in [2.75, 3.05) is 32.7 Å². The summed E-state index contributed by atoms with van der Waals surface area (Å²) in [6.07, 6.45) is -0.00676. The number of amides is 1. The van der Waals surface area contributed by atoms with Crippen LogP contribution in [0, 0.1) is 0 Å². The Kier molecular flexibility index (Phi) is 8.63. The Balaban J connectivity index is 1.64. The highest BCUT2D eigenvalue weighted by molar-refractivity contribution is 9.10. The molecule has 2 atom stereocenters. The van der Waals surface area contributed by atoms with Gasteiger partial charge in [0.1, 0.15) is 17.6 Å². The number of hydrogen-bond donors (Lipinski definition) is 1. The van der Waals surface area contributed by atoms with Crippen molar-refractivity contribution in [1.82, 2.24) is 15.1 Å². The van der Waals surface area contributed by atoms with Crippen molar-refractivity contribution in [3.8, 4) is 5.75 Å². The maximum Gasteiger partial charge on any atom is 0.242 e. The lowest BCUT2D eigenvalue weighted by Crippen LogP contribution is -2.49. The van der Waals surface area contributed by atoms with Crippen molar-refractivity contribution in [2.24, 2.45) is 4.99 Å². The van der Waals surface area contributed by atoms with E-state index in [1.165, 1.54) is 0 Å². The molecule has 6 nitrogen and oxygen atoms in total. The molecule has 8 heteroatoms. The fourth-order valence-corrected chi connectivity index (χ4v) is 5.59. The third-order valence-electron chi connectivity index (χ3n) is 6.82. The van der Waals surface area contributed by atoms with E-state index in [0.717, 1.165) is 57.6 Å². The molecule has 0 bridgehead atoms. The first-order valence-electron chi connectivity index (χ1n) is 13.0. The Labute approximate surface area is 241 Å². The predicted molar refractivity (Wildman–Crippen MR) is 159 cm³/mol. The lowest BCUT2D eigenvalue weighted by atomic mass is 9.93. The van der Waals surface area contributed by atoms with Gasteiger partial charge in [-0.2, -0.15) is 0 Å². The minimum Gasteiger partial charge on any atom is -0.490 e. The van der Waals surface area contributed by atoms with E-state index in [1.54, 1.807) is 0 Å². The molecule has 2 heterocycles. The molecule has 198 valence electrons. The number of piperazine rings is 1. The van der Waals surface area contributed by atoms with Crippen LogP contribution in [0.1, 0.15) is 42.6 Å². The molecule has 1 amide bonds. The van der Waals surface area contributed by atoms with Gasteiger partial charge in [-0.25, -0.2) is 0 Å². The number of ether oxygens (including phenoxy) is 1. The normalized spacial score (nSPS) is 20.0. The Morgan fingerprint density at radius 1 is 0.947 bits per heavy atom. The minimum absolute atomic E-state index is 0.00676. The van der Waals surface area contributed by atoms with Gasteiger partial charge in [0.15, 0.2) is 0 Å². The average molecular weight is 640 g/mol. The van der Waals surface area contributed by atoms with Crippen molar-refractivity contribution in [1.29, 1.82) is 0 Å². The monoisotopic (exact) mass is 638 g/mol. The molecule has 0 aromatic heterocycles. The van der Waals surface area contributed by atoms with Gasteiger partial charge < -0.3 is 10.1 Å². The molecule has 38 heavy (non-hydrogen) atoms. The quantitative estimate of drug-likeness (QED) is 0.346. The summed E-state index contributed by atoms with van der Waals surface area (Å²) < 4.78 is 8.20. The Bertz CT molecular complexity index is 1290. The molecule has 0 spiro atoms. The number of halogens is 2. The number of carbonyl (C=O) groups excluding carboxylic acids is 1. The van der Waals surface area contributed by atoms with Crippen LogP contribution in [0.25, 0.3) is 0 Å². The van der Waals surface area contributed by atoms with E-state index in [2.05, 4.69) is 66.3 Å². The molecule has 2 aliphatic rings. The summed E-state index contributed by atoms with van der Waals surface area (Å²) in [5.74, 6) is 1.42. The molecule has 1 fully saturated rings. The number of nitrogens with one attached hydrogen (secondary N) is 1. The van der Waals surface area contributed by atoms with Gasteiger partial charge in [-0.1, -0.05) is 68.3 Å². The number of para-hydroxylation sites is 1. The maximum absolute atomic E-state index is 14.2. The first kappa shape index (κ1) is 27.1. The second-order valence-corrected chi connectivity index (χ2v) is 11.7. The van der Waals surface area contributed by atoms with Gasteiger partial charge in [0.2, 0.25) is 5.91 Å². The van der Waals surface area contributed by atoms with E-state index in [4.69, 9.17) is 9.73 Å². The van der Waals surface area contributed by atoms with E-state index in [9.17, 15) is 4.79 Å². The molecule has 0 aliphatic carbocycles. The Morgan fingerprint density at radius 2 is 1.55 bits per heavy atom. The summed E-state index contributed by atoms with van der Waals surface area (Å²) in [5, 5.41) is 3.38. The molecule has 0 radical (unpaired) electrons. The van der Waals surface area contributed by atoms with E-state index < -0.39 is 0 Å². The van der Waals surface area contributed by atoms with Crippen LogP contribution in [0.3, 0.4) is 0 Å². The molecule has 1 N–H and O–H groups in total. The van der Waals surface area contributed by atoms with Crippen LogP contribution in [0.5, 0.6) is 5.75 Å². The van der Waals surface area contributed by atoms with Gasteiger partial charge >= 0.3 is 0 Å². The largest absolute Gasteiger partial charge is 0.490 e. The van der Waals surface area contributed by atoms with Crippen LogP contribution in [0.2, 0.25) is 0 Å². The van der Waals surface area contributed by atoms with Gasteiger partial charge in [0, 0.05) is 35.1 Å². The molecule has 5 rings (SSSR count). The summed E-state index contributed by atoms with van der Waals surface area (Å²) in [4.78, 5) is 23.7. The van der Waals surface area contributed by atoms with Crippen LogP contribution in [-0.4, -0.2) is 60.4 Å². The van der Waals surface area contributed by atoms with Gasteiger partial charge in [-0.15, -0.1) is 0 Å². The average Bonchev–Trinajstić information content (AvgIpc) is 3.31. The molecule has 3 aromatic rings. The van der Waals surface area contributed by atoms with Crippen molar-refractivity contribution in [2.45, 2.75) is 32.0 Å². The van der Waals surface area contributed by atoms with E-state index in [0.29, 0.717) is 12.4 Å². The zero-order valence-electron chi connectivity index (χ0n) is 21.6. The summed E-state index contributed by atoms with van der Waals surface area (Å²) in [5.41, 5.74) is 2.92. The molecule has 0 saturated carbocycles. The summed E-state index contributed by atoms with van der Waals surface area (Å²) in [6, 6.07) is 23.8. The highest BCUT2D eigenvalue weighted by Crippen LogP contribution is 2.45. The molecule has 0 unspecified atom stereocenters. The molecule has 1 saturated heterocycles. The second-order valence-electron chi connectivity index (χ2n) is 9.90. The highest BCUT2D eigenvalue weighted by Gasteiger charge is 2.43. The van der Waals surface area contributed by atoms with Crippen molar-refractivity contribution < 1.29 is 9.53 Å². The Hall–Kier alpha value is -2.52. The van der Waals surface area contributed by atoms with Crippen LogP contribution < -0.4 is 10.1 Å². The van der Waals surface area contributed by atoms with Crippen LogP contribution >= 0.6 is 31.9 Å². The van der Waals surface area contributed by atoms with Crippen LogP contribution in [0.15, 0.2) is 86.7 Å². The lowest BCUT2D eigenvalue weighted by Gasteiger charge is -2.33. The van der Waals surface area contributed by atoms with Gasteiger partial charge in [-0.3, -0.25) is 19.6 Å². The number of rotatable bonds is 7. The summed E-state index contributed by atoms with van der Waals surface area (Å²) in [7, 11) is 0. The molecular formula is C30H32Br2N4O2. The number of hydrogen-bond acceptors (Lipinski definition) is 5. The predicted octanol–water partition coefficient (Wildman–Crippen LogP) is 5.98. The fourth-order valence-electron chi connectivity index (χ4n) is 5.06. The Morgan fingerprint density at radius 3 is 2.18 bits per heavy atom. The van der Waals surface area contributed by atoms with Crippen LogP contribution in [0.4, 0.5) is 0 Å². The van der Waals surface area contributed by atoms with E-state index >= 15 is 0 Å². The number of carbonyl (C=O) groups is 1. The number of nitrogens with zero attached hydrogens (tertiary/aromatic N) is 3. The van der Waals surface area contributed by atoms with Crippen molar-refractivity contribution in [3.63, 3.8) is 0 Å². The van der Waals surface area contributed by atoms with Gasteiger partial charge in [0.25, 0.3) is 0 Å². The number of benzene rings is 3. The zero-order chi connectivity index (χ0) is 26.6. The maximum atomic E-state index is 14.2. The first-order valence-corrected chi connectivity index (χ1v) is 14.6. The third-order valence-corrected chi connectivity index (χ3v) is 7.87. The van der Waals surface area contributed by atoms with Crippen molar-refractivity contribution in [3.05, 3.63) is 98.4 Å². The van der Waals surface area contributed by atoms with Gasteiger partial charge in [0.05, 0.1) is 24.3 Å². The van der Waals surface area contributed by atoms with Gasteiger partial charge in [-0.05, 0) is 61.4 Å². The third kappa shape index (κ3) is 6.04. The van der Waals surface area contributed by atoms with Crippen LogP contribution in [-0.2, 0) is 4.79 Å². The topological polar surface area (TPSA) is 57.2 Å². The number of amidine groups is 1. The highest BCUT2D eigenvalue weighted by atomic mass is 79.9. The first-order chi connectivity index (χ1) is 18.4. The second kappa shape index (κ2) is 12.1. The SMILES string of the molecule is CC(C)Oc1ccccc1C1=N[C@H](c2ccc(Br)cc2)[C@H](c2ccc(Br)cc2)N1C(=O)CN1CCNCC1. The summed E-state index contributed by atoms with van der Waals surface area (Å²) in [6.45, 7) is 7.82. The fraction of sp³-hybridized carbons (Fsp3) is 0.333. The van der Waals surface area contributed by atoms with E-state index in [1.807, 2.05) is 67.3 Å². The molecular weight excluding hydrogens is 608 g/mol. The lowest BCUT2D eigenvalue weighted by molar-refractivity contribution is -0.130. The standard InChI is InChI=1S/C30H32Br2N4O2/c1-20(2)38-26-6-4-3-5-25(26)30-34-28(21-7-11-23(31)12-8-21)29(22-9-13-24(32)14-10-22)36(30)27(37)19-35-17-15-33-16-18-35/h3-14,20,28-29,33H,15-19H2,1-2H3/t28-,29+/m1/s1. The molecule has 3 aromatic carbocycles. The minimum atomic E-state index is -0.290. The van der Waals surface area contributed by atoms with Crippen molar-refractivity contribution >= 4 is 43.6 Å². The summed E-state index contributed by atoms with van der Waals surface area (Å²) >= 11 is 7.13.